The Balaban J connectivity index is 2.06. The van der Waals surface area contributed by atoms with Crippen molar-refractivity contribution in [2.45, 2.75) is 26.0 Å². The van der Waals surface area contributed by atoms with E-state index in [4.69, 9.17) is 0 Å². The molecule has 0 aliphatic carbocycles. The summed E-state index contributed by atoms with van der Waals surface area (Å²) in [6.07, 6.45) is 0. The van der Waals surface area contributed by atoms with Gasteiger partial charge in [0, 0.05) is 12.1 Å². The van der Waals surface area contributed by atoms with Gasteiger partial charge in [0.05, 0.1) is 13.1 Å². The highest BCUT2D eigenvalue weighted by Crippen LogP contribution is 2.18. The minimum absolute atomic E-state index is 0.00753. The van der Waals surface area contributed by atoms with E-state index in [2.05, 4.69) is 15.6 Å². The molecule has 0 bridgehead atoms. The number of nitrogens with zero attached hydrogens (tertiary/aromatic N) is 1. The lowest BCUT2D eigenvalue weighted by Crippen LogP contribution is -2.44. The maximum absolute atomic E-state index is 13.7. The van der Waals surface area contributed by atoms with Gasteiger partial charge >= 0.3 is 0 Å². The molecule has 25 heavy (non-hydrogen) atoms. The molecule has 4 nitrogen and oxygen atoms in total. The molecule has 1 atom stereocenters. The van der Waals surface area contributed by atoms with Gasteiger partial charge in [-0.1, -0.05) is 30.3 Å². The molecular formula is C19H23F2N3O. The van der Waals surface area contributed by atoms with E-state index in [1.807, 2.05) is 37.3 Å². The van der Waals surface area contributed by atoms with Crippen LogP contribution in [0.5, 0.6) is 0 Å². The van der Waals surface area contributed by atoms with Crippen LogP contribution in [0, 0.1) is 11.6 Å². The molecule has 2 aromatic carbocycles. The summed E-state index contributed by atoms with van der Waals surface area (Å²) >= 11 is 0. The van der Waals surface area contributed by atoms with Crippen LogP contribution in [0.2, 0.25) is 0 Å². The van der Waals surface area contributed by atoms with Crippen LogP contribution in [0.15, 0.2) is 53.5 Å². The molecule has 1 unspecified atom stereocenters. The van der Waals surface area contributed by atoms with Crippen molar-refractivity contribution >= 4 is 5.96 Å². The van der Waals surface area contributed by atoms with Gasteiger partial charge in [-0.25, -0.2) is 13.8 Å². The Morgan fingerprint density at radius 1 is 1.12 bits per heavy atom. The molecule has 0 heterocycles. The normalized spacial score (nSPS) is 14.0. The van der Waals surface area contributed by atoms with Crippen molar-refractivity contribution in [2.75, 3.05) is 13.1 Å². The van der Waals surface area contributed by atoms with E-state index in [9.17, 15) is 13.9 Å². The summed E-state index contributed by atoms with van der Waals surface area (Å²) < 4.78 is 26.9. The zero-order chi connectivity index (χ0) is 18.3. The van der Waals surface area contributed by atoms with Crippen LogP contribution in [-0.4, -0.2) is 24.2 Å². The highest BCUT2D eigenvalue weighted by atomic mass is 19.1. The molecule has 0 aliphatic heterocycles. The summed E-state index contributed by atoms with van der Waals surface area (Å²) in [4.78, 5) is 4.26. The van der Waals surface area contributed by atoms with Crippen molar-refractivity contribution in [3.8, 4) is 0 Å². The number of hydrogen-bond donors (Lipinski definition) is 3. The first-order chi connectivity index (χ1) is 11.9. The molecule has 0 amide bonds. The van der Waals surface area contributed by atoms with Crippen LogP contribution in [0.1, 0.15) is 25.0 Å². The van der Waals surface area contributed by atoms with Crippen LogP contribution in [0.4, 0.5) is 8.78 Å². The molecule has 6 heteroatoms. The largest absolute Gasteiger partial charge is 0.384 e. The number of guanidine groups is 1. The third kappa shape index (κ3) is 5.53. The first-order valence-corrected chi connectivity index (χ1v) is 8.16. The Hall–Kier alpha value is -2.47. The highest BCUT2D eigenvalue weighted by Gasteiger charge is 2.22. The van der Waals surface area contributed by atoms with Crippen molar-refractivity contribution < 1.29 is 13.9 Å². The topological polar surface area (TPSA) is 56.7 Å². The molecule has 134 valence electrons. The summed E-state index contributed by atoms with van der Waals surface area (Å²) in [6, 6.07) is 12.6. The van der Waals surface area contributed by atoms with E-state index < -0.39 is 17.2 Å². The lowest BCUT2D eigenvalue weighted by Gasteiger charge is -2.25. The average Bonchev–Trinajstić information content (AvgIpc) is 2.61. The zero-order valence-electron chi connectivity index (χ0n) is 14.4. The molecule has 0 fully saturated rings. The fraction of sp³-hybridized carbons (Fsp3) is 0.316. The predicted molar refractivity (Wildman–Crippen MR) is 95.2 cm³/mol. The Morgan fingerprint density at radius 3 is 2.52 bits per heavy atom. The van der Waals surface area contributed by atoms with E-state index in [0.29, 0.717) is 12.5 Å². The lowest BCUT2D eigenvalue weighted by atomic mass is 9.96. The smallest absolute Gasteiger partial charge is 0.191 e. The molecule has 0 spiro atoms. The summed E-state index contributed by atoms with van der Waals surface area (Å²) in [7, 11) is 0. The average molecular weight is 347 g/mol. The zero-order valence-corrected chi connectivity index (χ0v) is 14.4. The second-order valence-electron chi connectivity index (χ2n) is 5.92. The van der Waals surface area contributed by atoms with Gasteiger partial charge in [0.15, 0.2) is 5.96 Å². The van der Waals surface area contributed by atoms with Crippen LogP contribution >= 0.6 is 0 Å². The molecule has 3 N–H and O–H groups in total. The highest BCUT2D eigenvalue weighted by molar-refractivity contribution is 5.79. The van der Waals surface area contributed by atoms with Gasteiger partial charge in [0.2, 0.25) is 0 Å². The first-order valence-electron chi connectivity index (χ1n) is 8.16. The maximum atomic E-state index is 13.7. The molecule has 0 saturated heterocycles. The molecular weight excluding hydrogens is 324 g/mol. The molecule has 0 aromatic heterocycles. The number of benzene rings is 2. The van der Waals surface area contributed by atoms with Gasteiger partial charge in [-0.05, 0) is 37.6 Å². The van der Waals surface area contributed by atoms with Crippen LogP contribution in [0.3, 0.4) is 0 Å². The van der Waals surface area contributed by atoms with Crippen LogP contribution in [-0.2, 0) is 12.1 Å². The Morgan fingerprint density at radius 2 is 1.84 bits per heavy atom. The third-order valence-corrected chi connectivity index (χ3v) is 3.76. The van der Waals surface area contributed by atoms with Gasteiger partial charge in [-0.2, -0.15) is 0 Å². The van der Waals surface area contributed by atoms with Gasteiger partial charge in [0.25, 0.3) is 0 Å². The van der Waals surface area contributed by atoms with Gasteiger partial charge in [0.1, 0.15) is 17.2 Å². The van der Waals surface area contributed by atoms with E-state index in [1.165, 1.54) is 0 Å². The molecule has 2 rings (SSSR count). The van der Waals surface area contributed by atoms with Crippen LogP contribution in [0.25, 0.3) is 0 Å². The second-order valence-corrected chi connectivity index (χ2v) is 5.92. The Labute approximate surface area is 146 Å². The maximum Gasteiger partial charge on any atom is 0.191 e. The fourth-order valence-corrected chi connectivity index (χ4v) is 2.33. The van der Waals surface area contributed by atoms with Crippen molar-refractivity contribution in [3.63, 3.8) is 0 Å². The first kappa shape index (κ1) is 18.9. The minimum Gasteiger partial charge on any atom is -0.384 e. The van der Waals surface area contributed by atoms with Crippen LogP contribution < -0.4 is 10.6 Å². The predicted octanol–water partition coefficient (Wildman–Crippen LogP) is 2.93. The second kappa shape index (κ2) is 8.58. The number of aliphatic imine (C=N–C) groups is 1. The lowest BCUT2D eigenvalue weighted by molar-refractivity contribution is 0.0617. The number of nitrogens with one attached hydrogen (secondary N) is 2. The fourth-order valence-electron chi connectivity index (χ4n) is 2.33. The monoisotopic (exact) mass is 347 g/mol. The van der Waals surface area contributed by atoms with E-state index in [0.717, 1.165) is 23.8 Å². The molecule has 0 saturated carbocycles. The van der Waals surface area contributed by atoms with E-state index in [1.54, 1.807) is 6.92 Å². The number of hydrogen-bond acceptors (Lipinski definition) is 2. The Kier molecular flexibility index (Phi) is 6.47. The number of halogens is 2. The Bertz CT molecular complexity index is 718. The summed E-state index contributed by atoms with van der Waals surface area (Å²) in [5, 5.41) is 16.7. The SMILES string of the molecule is CCNC(=NCc1cc(F)ccc1F)NCC(C)(O)c1ccccc1. The van der Waals surface area contributed by atoms with Gasteiger partial charge in [-0.3, -0.25) is 0 Å². The van der Waals surface area contributed by atoms with E-state index in [-0.39, 0.29) is 18.7 Å². The van der Waals surface area contributed by atoms with Crippen molar-refractivity contribution in [3.05, 3.63) is 71.3 Å². The van der Waals surface area contributed by atoms with Gasteiger partial charge in [-0.15, -0.1) is 0 Å². The minimum atomic E-state index is -1.10. The quantitative estimate of drug-likeness (QED) is 0.556. The van der Waals surface area contributed by atoms with E-state index >= 15 is 0 Å². The third-order valence-electron chi connectivity index (χ3n) is 3.76. The van der Waals surface area contributed by atoms with Gasteiger partial charge < -0.3 is 15.7 Å². The molecule has 2 aromatic rings. The number of aliphatic hydroxyl groups is 1. The van der Waals surface area contributed by atoms with Crippen molar-refractivity contribution in [2.24, 2.45) is 4.99 Å². The van der Waals surface area contributed by atoms with Crippen molar-refractivity contribution in [1.29, 1.82) is 0 Å². The number of rotatable bonds is 6. The summed E-state index contributed by atoms with van der Waals surface area (Å²) in [5.74, 6) is -0.587. The molecule has 0 aliphatic rings. The van der Waals surface area contributed by atoms with Crippen molar-refractivity contribution in [1.82, 2.24) is 10.6 Å². The standard InChI is InChI=1S/C19H23F2N3O/c1-3-22-18(23-12-14-11-16(20)9-10-17(14)21)24-13-19(2,25)15-7-5-4-6-8-15/h4-11,25H,3,12-13H2,1-2H3,(H2,22,23,24). The molecule has 0 radical (unpaired) electrons. The summed E-state index contributed by atoms with van der Waals surface area (Å²) in [6.45, 7) is 4.41. The summed E-state index contributed by atoms with van der Waals surface area (Å²) in [5.41, 5.74) is -0.150.